The van der Waals surface area contributed by atoms with Crippen LogP contribution in [0.25, 0.3) is 0 Å². The number of carbonyl (C=O) groups excluding carboxylic acids is 2. The first-order valence-corrected chi connectivity index (χ1v) is 7.75. The number of esters is 1. The van der Waals surface area contributed by atoms with E-state index in [2.05, 4.69) is 4.98 Å². The molecular formula is C14H20N2O3S. The summed E-state index contributed by atoms with van der Waals surface area (Å²) in [5.41, 5.74) is 0. The van der Waals surface area contributed by atoms with Gasteiger partial charge in [-0.2, -0.15) is 0 Å². The van der Waals surface area contributed by atoms with Crippen LogP contribution in [0.5, 0.6) is 0 Å². The number of hydrogen-bond donors (Lipinski definition) is 0. The third-order valence-electron chi connectivity index (χ3n) is 3.73. The molecule has 20 heavy (non-hydrogen) atoms. The van der Waals surface area contributed by atoms with Crippen LogP contribution in [0.3, 0.4) is 0 Å². The Labute approximate surface area is 122 Å². The fourth-order valence-corrected chi connectivity index (χ4v) is 3.11. The lowest BCUT2D eigenvalue weighted by atomic mass is 9.90. The standard InChI is InChI=1S/C14H20N2O3S/c1-4-12-15-8-11(20-12)13(17)16(10-6-5-7-10)9(2)14(18)19-3/h8-10H,4-7H2,1-3H3/t9-/m1/s1. The number of aryl methyl sites for hydroxylation is 1. The van der Waals surface area contributed by atoms with Crippen molar-refractivity contribution in [3.05, 3.63) is 16.1 Å². The van der Waals surface area contributed by atoms with Gasteiger partial charge in [0.15, 0.2) is 0 Å². The number of aromatic nitrogens is 1. The number of ether oxygens (including phenoxy) is 1. The van der Waals surface area contributed by atoms with Crippen molar-refractivity contribution < 1.29 is 14.3 Å². The molecule has 110 valence electrons. The van der Waals surface area contributed by atoms with Gasteiger partial charge in [0.05, 0.1) is 18.3 Å². The summed E-state index contributed by atoms with van der Waals surface area (Å²) in [6.07, 6.45) is 5.43. The van der Waals surface area contributed by atoms with Crippen molar-refractivity contribution >= 4 is 23.2 Å². The van der Waals surface area contributed by atoms with Gasteiger partial charge in [-0.3, -0.25) is 4.79 Å². The summed E-state index contributed by atoms with van der Waals surface area (Å²) in [5, 5.41) is 0.938. The molecule has 0 unspecified atom stereocenters. The third kappa shape index (κ3) is 2.85. The predicted molar refractivity (Wildman–Crippen MR) is 76.8 cm³/mol. The van der Waals surface area contributed by atoms with E-state index in [9.17, 15) is 9.59 Å². The second kappa shape index (κ2) is 6.35. The topological polar surface area (TPSA) is 59.5 Å². The zero-order chi connectivity index (χ0) is 14.7. The van der Waals surface area contributed by atoms with Crippen LogP contribution < -0.4 is 0 Å². The molecular weight excluding hydrogens is 276 g/mol. The van der Waals surface area contributed by atoms with Crippen LogP contribution in [0.4, 0.5) is 0 Å². The van der Waals surface area contributed by atoms with Crippen LogP contribution in [0, 0.1) is 0 Å². The molecule has 0 aromatic carbocycles. The maximum Gasteiger partial charge on any atom is 0.328 e. The Hall–Kier alpha value is -1.43. The third-order valence-corrected chi connectivity index (χ3v) is 4.86. The first-order chi connectivity index (χ1) is 9.58. The molecule has 0 saturated heterocycles. The maximum absolute atomic E-state index is 12.7. The van der Waals surface area contributed by atoms with E-state index in [1.807, 2.05) is 6.92 Å². The van der Waals surface area contributed by atoms with Gasteiger partial charge >= 0.3 is 5.97 Å². The van der Waals surface area contributed by atoms with E-state index in [4.69, 9.17) is 4.74 Å². The molecule has 2 rings (SSSR count). The lowest BCUT2D eigenvalue weighted by Crippen LogP contribution is -2.52. The Balaban J connectivity index is 2.21. The molecule has 1 heterocycles. The van der Waals surface area contributed by atoms with Gasteiger partial charge in [0, 0.05) is 6.04 Å². The molecule has 5 nitrogen and oxygen atoms in total. The molecule has 0 spiro atoms. The maximum atomic E-state index is 12.7. The van der Waals surface area contributed by atoms with Gasteiger partial charge in [-0.05, 0) is 32.6 Å². The molecule has 6 heteroatoms. The Bertz CT molecular complexity index is 496. The number of carbonyl (C=O) groups is 2. The second-order valence-corrected chi connectivity index (χ2v) is 6.08. The van der Waals surface area contributed by atoms with E-state index < -0.39 is 6.04 Å². The molecule has 1 aromatic rings. The Morgan fingerprint density at radius 3 is 2.70 bits per heavy atom. The molecule has 0 radical (unpaired) electrons. The van der Waals surface area contributed by atoms with Crippen LogP contribution in [0.1, 0.15) is 47.8 Å². The average molecular weight is 296 g/mol. The van der Waals surface area contributed by atoms with Crippen LogP contribution >= 0.6 is 11.3 Å². The highest BCUT2D eigenvalue weighted by molar-refractivity contribution is 7.13. The van der Waals surface area contributed by atoms with E-state index >= 15 is 0 Å². The van der Waals surface area contributed by atoms with Gasteiger partial charge in [0.25, 0.3) is 5.91 Å². The summed E-state index contributed by atoms with van der Waals surface area (Å²) in [7, 11) is 1.35. The van der Waals surface area contributed by atoms with Gasteiger partial charge < -0.3 is 9.64 Å². The fraction of sp³-hybridized carbons (Fsp3) is 0.643. The van der Waals surface area contributed by atoms with Gasteiger partial charge in [0.1, 0.15) is 10.9 Å². The summed E-state index contributed by atoms with van der Waals surface area (Å²) >= 11 is 1.40. The monoisotopic (exact) mass is 296 g/mol. The lowest BCUT2D eigenvalue weighted by Gasteiger charge is -2.39. The number of hydrogen-bond acceptors (Lipinski definition) is 5. The molecule has 1 aromatic heterocycles. The van der Waals surface area contributed by atoms with Crippen LogP contribution in [0.2, 0.25) is 0 Å². The van der Waals surface area contributed by atoms with Crippen molar-refractivity contribution in [1.29, 1.82) is 0 Å². The molecule has 1 saturated carbocycles. The summed E-state index contributed by atoms with van der Waals surface area (Å²) < 4.78 is 4.78. The van der Waals surface area contributed by atoms with E-state index in [0.29, 0.717) is 4.88 Å². The Morgan fingerprint density at radius 1 is 1.55 bits per heavy atom. The van der Waals surface area contributed by atoms with Crippen LogP contribution in [0.15, 0.2) is 6.20 Å². The molecule has 1 aliphatic rings. The van der Waals surface area contributed by atoms with Gasteiger partial charge in [-0.25, -0.2) is 9.78 Å². The van der Waals surface area contributed by atoms with E-state index in [0.717, 1.165) is 30.7 Å². The number of nitrogens with zero attached hydrogens (tertiary/aromatic N) is 2. The van der Waals surface area contributed by atoms with Crippen LogP contribution in [-0.2, 0) is 16.0 Å². The molecule has 1 amide bonds. The highest BCUT2D eigenvalue weighted by Gasteiger charge is 2.36. The van der Waals surface area contributed by atoms with Gasteiger partial charge in [-0.15, -0.1) is 11.3 Å². The van der Waals surface area contributed by atoms with Crippen molar-refractivity contribution in [3.8, 4) is 0 Å². The van der Waals surface area contributed by atoms with Crippen molar-refractivity contribution in [3.63, 3.8) is 0 Å². The molecule has 0 aliphatic heterocycles. The molecule has 1 fully saturated rings. The number of amides is 1. The van der Waals surface area contributed by atoms with E-state index in [-0.39, 0.29) is 17.9 Å². The van der Waals surface area contributed by atoms with Crippen molar-refractivity contribution in [2.24, 2.45) is 0 Å². The highest BCUT2D eigenvalue weighted by atomic mass is 32.1. The highest BCUT2D eigenvalue weighted by Crippen LogP contribution is 2.29. The van der Waals surface area contributed by atoms with Crippen molar-refractivity contribution in [2.75, 3.05) is 7.11 Å². The zero-order valence-corrected chi connectivity index (χ0v) is 12.9. The predicted octanol–water partition coefficient (Wildman–Crippen LogP) is 2.26. The average Bonchev–Trinajstić information content (AvgIpc) is 2.89. The largest absolute Gasteiger partial charge is 0.467 e. The number of methoxy groups -OCH3 is 1. The molecule has 1 atom stereocenters. The first-order valence-electron chi connectivity index (χ1n) is 6.93. The summed E-state index contributed by atoms with van der Waals surface area (Å²) in [6.45, 7) is 3.73. The van der Waals surface area contributed by atoms with Crippen molar-refractivity contribution in [1.82, 2.24) is 9.88 Å². The minimum Gasteiger partial charge on any atom is -0.467 e. The number of thiazole rings is 1. The smallest absolute Gasteiger partial charge is 0.328 e. The Morgan fingerprint density at radius 2 is 2.25 bits per heavy atom. The summed E-state index contributed by atoms with van der Waals surface area (Å²) in [4.78, 5) is 30.9. The lowest BCUT2D eigenvalue weighted by molar-refractivity contribution is -0.146. The van der Waals surface area contributed by atoms with Crippen LogP contribution in [-0.4, -0.2) is 41.0 Å². The quantitative estimate of drug-likeness (QED) is 0.782. The van der Waals surface area contributed by atoms with Gasteiger partial charge in [-0.1, -0.05) is 6.92 Å². The van der Waals surface area contributed by atoms with Crippen molar-refractivity contribution in [2.45, 2.75) is 51.6 Å². The number of rotatable bonds is 5. The fourth-order valence-electron chi connectivity index (χ4n) is 2.31. The molecule has 0 N–H and O–H groups in total. The first kappa shape index (κ1) is 15.0. The zero-order valence-electron chi connectivity index (χ0n) is 12.1. The van der Waals surface area contributed by atoms with E-state index in [1.54, 1.807) is 18.0 Å². The summed E-state index contributed by atoms with van der Waals surface area (Å²) in [6, 6.07) is -0.409. The second-order valence-electron chi connectivity index (χ2n) is 4.97. The molecule has 0 bridgehead atoms. The minimum absolute atomic E-state index is 0.107. The normalized spacial score (nSPS) is 16.4. The van der Waals surface area contributed by atoms with Gasteiger partial charge in [0.2, 0.25) is 0 Å². The van der Waals surface area contributed by atoms with E-state index in [1.165, 1.54) is 18.4 Å². The minimum atomic E-state index is -0.551. The molecule has 1 aliphatic carbocycles. The Kier molecular flexibility index (Phi) is 4.75. The summed E-state index contributed by atoms with van der Waals surface area (Å²) in [5.74, 6) is -0.477. The SMILES string of the molecule is CCc1ncc(C(=O)N(C2CCC2)[C@H](C)C(=O)OC)s1.